The lowest BCUT2D eigenvalue weighted by Crippen LogP contribution is -2.43. The molecule has 0 fully saturated rings. The molecule has 0 unspecified atom stereocenters. The Labute approximate surface area is 160 Å². The lowest BCUT2D eigenvalue weighted by atomic mass is 9.69. The van der Waals surface area contributed by atoms with Gasteiger partial charge in [-0.25, -0.2) is 0 Å². The molecule has 2 amide bonds. The van der Waals surface area contributed by atoms with Gasteiger partial charge in [0.1, 0.15) is 6.29 Å². The van der Waals surface area contributed by atoms with Crippen molar-refractivity contribution in [3.63, 3.8) is 0 Å². The Hall–Kier alpha value is -1.82. The molecule has 26 heavy (non-hydrogen) atoms. The van der Waals surface area contributed by atoms with E-state index in [0.717, 1.165) is 11.2 Å². The highest BCUT2D eigenvalue weighted by molar-refractivity contribution is 7.98. The van der Waals surface area contributed by atoms with Gasteiger partial charge in [-0.2, -0.15) is 0 Å². The predicted molar refractivity (Wildman–Crippen MR) is 106 cm³/mol. The Bertz CT molecular complexity index is 659. The largest absolute Gasteiger partial charge is 0.351 e. The van der Waals surface area contributed by atoms with Gasteiger partial charge in [0.15, 0.2) is 0 Å². The zero-order valence-electron chi connectivity index (χ0n) is 16.7. The monoisotopic (exact) mass is 378 g/mol. The summed E-state index contributed by atoms with van der Waals surface area (Å²) in [5.74, 6) is -0.237. The van der Waals surface area contributed by atoms with Crippen molar-refractivity contribution >= 4 is 30.0 Å². The lowest BCUT2D eigenvalue weighted by molar-refractivity contribution is -0.126. The molecule has 0 spiro atoms. The van der Waals surface area contributed by atoms with Gasteiger partial charge in [-0.15, -0.1) is 0 Å². The van der Waals surface area contributed by atoms with E-state index >= 15 is 0 Å². The number of carbonyl (C=O) groups is 3. The molecular formula is C20H30N2O3S. The van der Waals surface area contributed by atoms with E-state index < -0.39 is 10.8 Å². The van der Waals surface area contributed by atoms with Crippen molar-refractivity contribution in [3.05, 3.63) is 29.8 Å². The summed E-state index contributed by atoms with van der Waals surface area (Å²) >= 11 is 1.23. The smallest absolute Gasteiger partial charge is 0.251 e. The van der Waals surface area contributed by atoms with Crippen LogP contribution in [-0.2, 0) is 9.59 Å². The quantitative estimate of drug-likeness (QED) is 0.558. The minimum absolute atomic E-state index is 0.0515. The van der Waals surface area contributed by atoms with E-state index in [1.165, 1.54) is 11.9 Å². The Morgan fingerprint density at radius 1 is 1.00 bits per heavy atom. The first kappa shape index (κ1) is 22.2. The van der Waals surface area contributed by atoms with Crippen molar-refractivity contribution in [1.82, 2.24) is 10.0 Å². The molecule has 1 aromatic carbocycles. The van der Waals surface area contributed by atoms with Crippen LogP contribution < -0.4 is 10.0 Å². The number of amides is 2. The average molecular weight is 379 g/mol. The number of aldehydes is 1. The minimum atomic E-state index is -0.536. The van der Waals surface area contributed by atoms with Crippen LogP contribution in [0.3, 0.4) is 0 Å². The topological polar surface area (TPSA) is 75.3 Å². The highest BCUT2D eigenvalue weighted by atomic mass is 32.2. The van der Waals surface area contributed by atoms with Crippen molar-refractivity contribution in [1.29, 1.82) is 0 Å². The van der Waals surface area contributed by atoms with E-state index in [1.54, 1.807) is 24.3 Å². The number of rotatable bonds is 7. The fraction of sp³-hybridized carbons (Fsp3) is 0.550. The van der Waals surface area contributed by atoms with E-state index in [-0.39, 0.29) is 17.2 Å². The molecule has 2 N–H and O–H groups in total. The number of hydrogen-bond acceptors (Lipinski definition) is 4. The third-order valence-corrected chi connectivity index (χ3v) is 5.58. The zero-order valence-corrected chi connectivity index (χ0v) is 17.5. The lowest BCUT2D eigenvalue weighted by Gasteiger charge is -2.37. The molecule has 0 heterocycles. The van der Waals surface area contributed by atoms with Crippen molar-refractivity contribution in [2.75, 3.05) is 6.54 Å². The molecule has 0 saturated carbocycles. The maximum Gasteiger partial charge on any atom is 0.251 e. The summed E-state index contributed by atoms with van der Waals surface area (Å²) in [5.41, 5.74) is -0.811. The molecule has 0 aromatic heterocycles. The molecule has 0 atom stereocenters. The Kier molecular flexibility index (Phi) is 7.05. The molecule has 1 aromatic rings. The van der Waals surface area contributed by atoms with E-state index in [2.05, 4.69) is 10.0 Å². The Morgan fingerprint density at radius 3 is 2.00 bits per heavy atom. The Balaban J connectivity index is 2.64. The second kappa shape index (κ2) is 8.25. The fourth-order valence-corrected chi connectivity index (χ4v) is 2.51. The van der Waals surface area contributed by atoms with Gasteiger partial charge in [-0.3, -0.25) is 14.3 Å². The summed E-state index contributed by atoms with van der Waals surface area (Å²) in [6.45, 7) is 13.6. The van der Waals surface area contributed by atoms with Crippen LogP contribution in [0.4, 0.5) is 0 Å². The van der Waals surface area contributed by atoms with Gasteiger partial charge in [0.2, 0.25) is 5.91 Å². The Morgan fingerprint density at radius 2 is 1.54 bits per heavy atom. The highest BCUT2D eigenvalue weighted by Gasteiger charge is 2.37. The molecule has 0 aliphatic rings. The fourth-order valence-electron chi connectivity index (χ4n) is 1.72. The molecule has 0 aliphatic carbocycles. The van der Waals surface area contributed by atoms with E-state index in [9.17, 15) is 14.4 Å². The standard InChI is InChI=1S/C20H30N2O3S/c1-18(2,3)17(25)22-26-15-10-8-14(9-11-15)16(24)21-12-19(4,5)20(6,7)13-23/h8-11,13H,12H2,1-7H3,(H,21,24)(H,22,25). The van der Waals surface area contributed by atoms with Crippen molar-refractivity contribution in [3.8, 4) is 0 Å². The molecular weight excluding hydrogens is 348 g/mol. The molecule has 0 aliphatic heterocycles. The van der Waals surface area contributed by atoms with Crippen molar-refractivity contribution in [2.24, 2.45) is 16.2 Å². The van der Waals surface area contributed by atoms with E-state index in [4.69, 9.17) is 0 Å². The van der Waals surface area contributed by atoms with Gasteiger partial charge in [0, 0.05) is 27.8 Å². The molecule has 0 radical (unpaired) electrons. The average Bonchev–Trinajstić information content (AvgIpc) is 2.56. The zero-order chi connectivity index (χ0) is 20.2. The molecule has 0 saturated heterocycles. The maximum absolute atomic E-state index is 12.3. The summed E-state index contributed by atoms with van der Waals surface area (Å²) in [6.07, 6.45) is 0.928. The third-order valence-electron chi connectivity index (χ3n) is 4.79. The maximum atomic E-state index is 12.3. The highest BCUT2D eigenvalue weighted by Crippen LogP contribution is 2.35. The van der Waals surface area contributed by atoms with Gasteiger partial charge in [0.25, 0.3) is 5.91 Å². The van der Waals surface area contributed by atoms with E-state index in [1.807, 2.05) is 48.5 Å². The van der Waals surface area contributed by atoms with Crippen LogP contribution in [0.2, 0.25) is 0 Å². The van der Waals surface area contributed by atoms with Crippen molar-refractivity contribution < 1.29 is 14.4 Å². The summed E-state index contributed by atoms with van der Waals surface area (Å²) in [5, 5.41) is 2.89. The van der Waals surface area contributed by atoms with Crippen LogP contribution in [-0.4, -0.2) is 24.6 Å². The van der Waals surface area contributed by atoms with Gasteiger partial charge in [0.05, 0.1) is 0 Å². The van der Waals surface area contributed by atoms with Gasteiger partial charge >= 0.3 is 0 Å². The third kappa shape index (κ3) is 5.87. The van der Waals surface area contributed by atoms with Crippen LogP contribution in [0.15, 0.2) is 29.2 Å². The molecule has 144 valence electrons. The summed E-state index contributed by atoms with van der Waals surface area (Å²) in [6, 6.07) is 7.03. The number of hydrogen-bond donors (Lipinski definition) is 2. The SMILES string of the molecule is CC(C)(C)C(=O)NSc1ccc(C(=O)NCC(C)(C)C(C)(C)C=O)cc1. The predicted octanol–water partition coefficient (Wildman–Crippen LogP) is 3.84. The summed E-state index contributed by atoms with van der Waals surface area (Å²) in [4.78, 5) is 36.3. The first-order valence-corrected chi connectivity index (χ1v) is 9.44. The van der Waals surface area contributed by atoms with Gasteiger partial charge < -0.3 is 10.1 Å². The number of nitrogens with one attached hydrogen (secondary N) is 2. The molecule has 5 nitrogen and oxygen atoms in total. The van der Waals surface area contributed by atoms with E-state index in [0.29, 0.717) is 12.1 Å². The van der Waals surface area contributed by atoms with Gasteiger partial charge in [-0.1, -0.05) is 48.5 Å². The first-order valence-electron chi connectivity index (χ1n) is 8.62. The van der Waals surface area contributed by atoms with Crippen LogP contribution in [0.1, 0.15) is 58.8 Å². The van der Waals surface area contributed by atoms with Gasteiger partial charge in [-0.05, 0) is 41.6 Å². The normalized spacial score (nSPS) is 12.4. The number of benzene rings is 1. The summed E-state index contributed by atoms with van der Waals surface area (Å²) < 4.78 is 2.80. The summed E-state index contributed by atoms with van der Waals surface area (Å²) in [7, 11) is 0. The van der Waals surface area contributed by atoms with Crippen LogP contribution >= 0.6 is 11.9 Å². The first-order chi connectivity index (χ1) is 11.8. The molecule has 6 heteroatoms. The molecule has 0 bridgehead atoms. The minimum Gasteiger partial charge on any atom is -0.351 e. The molecule has 1 rings (SSSR count). The second-order valence-electron chi connectivity index (χ2n) is 8.71. The van der Waals surface area contributed by atoms with Crippen LogP contribution in [0.25, 0.3) is 0 Å². The van der Waals surface area contributed by atoms with Crippen LogP contribution in [0.5, 0.6) is 0 Å². The second-order valence-corrected chi connectivity index (χ2v) is 9.59. The number of carbonyl (C=O) groups excluding carboxylic acids is 3. The van der Waals surface area contributed by atoms with Crippen molar-refractivity contribution in [2.45, 2.75) is 53.4 Å². The van der Waals surface area contributed by atoms with Crippen LogP contribution in [0, 0.1) is 16.2 Å².